The standard InChI is InChI=1S/C16H23NO3/c1-3-12-6-4-8-14(15(12)19)16(20)17-9-5-7-13(17)10-11(2)18/h4,6,8,11,13,18-19H,3,5,7,9-10H2,1-2H3. The van der Waals surface area contributed by atoms with Crippen LogP contribution in [0.25, 0.3) is 0 Å². The van der Waals surface area contributed by atoms with Crippen molar-refractivity contribution in [3.8, 4) is 5.75 Å². The van der Waals surface area contributed by atoms with Crippen molar-refractivity contribution in [1.29, 1.82) is 0 Å². The van der Waals surface area contributed by atoms with Gasteiger partial charge in [0, 0.05) is 12.6 Å². The molecule has 0 spiro atoms. The number of aliphatic hydroxyl groups excluding tert-OH is 1. The molecule has 0 radical (unpaired) electrons. The molecule has 2 N–H and O–H groups in total. The van der Waals surface area contributed by atoms with Gasteiger partial charge in [0.15, 0.2) is 0 Å². The van der Waals surface area contributed by atoms with Crippen LogP contribution in [0.2, 0.25) is 0 Å². The van der Waals surface area contributed by atoms with Gasteiger partial charge in [-0.1, -0.05) is 19.1 Å². The van der Waals surface area contributed by atoms with E-state index < -0.39 is 6.10 Å². The first-order valence-corrected chi connectivity index (χ1v) is 7.34. The Kier molecular flexibility index (Phi) is 4.65. The SMILES string of the molecule is CCc1cccc(C(=O)N2CCCC2CC(C)O)c1O. The fraction of sp³-hybridized carbons (Fsp3) is 0.562. The summed E-state index contributed by atoms with van der Waals surface area (Å²) in [6.45, 7) is 4.40. The molecule has 20 heavy (non-hydrogen) atoms. The number of carbonyl (C=O) groups excluding carboxylic acids is 1. The van der Waals surface area contributed by atoms with E-state index in [2.05, 4.69) is 0 Å². The van der Waals surface area contributed by atoms with Gasteiger partial charge in [0.25, 0.3) is 5.91 Å². The number of phenolic OH excluding ortho intramolecular Hbond substituents is 1. The highest BCUT2D eigenvalue weighted by Crippen LogP contribution is 2.29. The third-order valence-corrected chi connectivity index (χ3v) is 3.98. The van der Waals surface area contributed by atoms with Crippen LogP contribution in [0.15, 0.2) is 18.2 Å². The number of hydrogen-bond acceptors (Lipinski definition) is 3. The predicted octanol–water partition coefficient (Wildman–Crippen LogP) is 2.33. The van der Waals surface area contributed by atoms with Gasteiger partial charge in [0.05, 0.1) is 11.7 Å². The number of phenols is 1. The summed E-state index contributed by atoms with van der Waals surface area (Å²) in [5, 5.41) is 19.7. The molecule has 1 aliphatic heterocycles. The van der Waals surface area contributed by atoms with Crippen LogP contribution >= 0.6 is 0 Å². The lowest BCUT2D eigenvalue weighted by Crippen LogP contribution is -2.37. The first-order chi connectivity index (χ1) is 9.54. The number of amides is 1. The second kappa shape index (κ2) is 6.27. The van der Waals surface area contributed by atoms with Crippen molar-refractivity contribution in [2.24, 2.45) is 0 Å². The third-order valence-electron chi connectivity index (χ3n) is 3.98. The number of aliphatic hydroxyl groups is 1. The molecule has 4 nitrogen and oxygen atoms in total. The van der Waals surface area contributed by atoms with Crippen molar-refractivity contribution < 1.29 is 15.0 Å². The van der Waals surface area contributed by atoms with E-state index in [1.54, 1.807) is 17.9 Å². The number of aromatic hydroxyl groups is 1. The Bertz CT molecular complexity index is 485. The highest BCUT2D eigenvalue weighted by Gasteiger charge is 2.31. The Hall–Kier alpha value is -1.55. The lowest BCUT2D eigenvalue weighted by molar-refractivity contribution is 0.0679. The van der Waals surface area contributed by atoms with Gasteiger partial charge >= 0.3 is 0 Å². The lowest BCUT2D eigenvalue weighted by Gasteiger charge is -2.26. The van der Waals surface area contributed by atoms with E-state index in [0.29, 0.717) is 24.9 Å². The maximum absolute atomic E-state index is 12.6. The van der Waals surface area contributed by atoms with E-state index in [1.807, 2.05) is 19.1 Å². The number of carbonyl (C=O) groups is 1. The Morgan fingerprint density at radius 2 is 2.25 bits per heavy atom. The average molecular weight is 277 g/mol. The second-order valence-electron chi connectivity index (χ2n) is 5.55. The molecule has 110 valence electrons. The van der Waals surface area contributed by atoms with Gasteiger partial charge in [-0.2, -0.15) is 0 Å². The summed E-state index contributed by atoms with van der Waals surface area (Å²) < 4.78 is 0. The maximum atomic E-state index is 12.6. The van der Waals surface area contributed by atoms with Crippen molar-refractivity contribution in [2.45, 2.75) is 51.7 Å². The van der Waals surface area contributed by atoms with Crippen LogP contribution in [0.1, 0.15) is 49.0 Å². The molecule has 1 aromatic carbocycles. The summed E-state index contributed by atoms with van der Waals surface area (Å²) in [6.07, 6.45) is 2.76. The minimum absolute atomic E-state index is 0.0761. The average Bonchev–Trinajstić information content (AvgIpc) is 2.85. The van der Waals surface area contributed by atoms with Crippen molar-refractivity contribution in [2.75, 3.05) is 6.54 Å². The quantitative estimate of drug-likeness (QED) is 0.888. The van der Waals surface area contributed by atoms with E-state index in [9.17, 15) is 15.0 Å². The summed E-state index contributed by atoms with van der Waals surface area (Å²) in [6, 6.07) is 5.40. The minimum atomic E-state index is -0.413. The molecule has 1 aromatic rings. The number of para-hydroxylation sites is 1. The monoisotopic (exact) mass is 277 g/mol. The molecule has 0 aromatic heterocycles. The molecule has 2 rings (SSSR count). The van der Waals surface area contributed by atoms with Gasteiger partial charge < -0.3 is 15.1 Å². The van der Waals surface area contributed by atoms with Gasteiger partial charge in [0.2, 0.25) is 0 Å². The number of benzene rings is 1. The number of nitrogens with zero attached hydrogens (tertiary/aromatic N) is 1. The summed E-state index contributed by atoms with van der Waals surface area (Å²) >= 11 is 0. The Balaban J connectivity index is 2.22. The largest absolute Gasteiger partial charge is 0.507 e. The highest BCUT2D eigenvalue weighted by atomic mass is 16.3. The second-order valence-corrected chi connectivity index (χ2v) is 5.55. The molecule has 1 amide bonds. The van der Waals surface area contributed by atoms with Crippen LogP contribution in [0.4, 0.5) is 0 Å². The number of likely N-dealkylation sites (tertiary alicyclic amines) is 1. The van der Waals surface area contributed by atoms with E-state index in [0.717, 1.165) is 18.4 Å². The third kappa shape index (κ3) is 2.96. The summed E-state index contributed by atoms with van der Waals surface area (Å²) in [5.41, 5.74) is 1.17. The van der Waals surface area contributed by atoms with Crippen molar-refractivity contribution >= 4 is 5.91 Å². The van der Waals surface area contributed by atoms with Gasteiger partial charge in [-0.15, -0.1) is 0 Å². The fourth-order valence-electron chi connectivity index (χ4n) is 2.95. The van der Waals surface area contributed by atoms with Crippen LogP contribution < -0.4 is 0 Å². The van der Waals surface area contributed by atoms with Crippen molar-refractivity contribution in [1.82, 2.24) is 4.90 Å². The van der Waals surface area contributed by atoms with Crippen LogP contribution in [0.5, 0.6) is 5.75 Å². The van der Waals surface area contributed by atoms with E-state index in [-0.39, 0.29) is 17.7 Å². The minimum Gasteiger partial charge on any atom is -0.507 e. The summed E-state index contributed by atoms with van der Waals surface area (Å²) in [5.74, 6) is -0.0244. The molecular weight excluding hydrogens is 254 g/mol. The lowest BCUT2D eigenvalue weighted by atomic mass is 10.0. The van der Waals surface area contributed by atoms with Gasteiger partial charge in [-0.05, 0) is 44.2 Å². The normalized spacial score (nSPS) is 20.1. The maximum Gasteiger partial charge on any atom is 0.257 e. The molecule has 0 bridgehead atoms. The van der Waals surface area contributed by atoms with Crippen LogP contribution in [0.3, 0.4) is 0 Å². The predicted molar refractivity (Wildman–Crippen MR) is 77.8 cm³/mol. The number of rotatable bonds is 4. The highest BCUT2D eigenvalue weighted by molar-refractivity contribution is 5.97. The first kappa shape index (κ1) is 14.9. The van der Waals surface area contributed by atoms with E-state index in [1.165, 1.54) is 0 Å². The molecule has 1 heterocycles. The van der Waals surface area contributed by atoms with Crippen molar-refractivity contribution in [3.05, 3.63) is 29.3 Å². The number of hydrogen-bond donors (Lipinski definition) is 2. The van der Waals surface area contributed by atoms with Gasteiger partial charge in [0.1, 0.15) is 5.75 Å². The van der Waals surface area contributed by atoms with Crippen molar-refractivity contribution in [3.63, 3.8) is 0 Å². The molecule has 2 unspecified atom stereocenters. The van der Waals surface area contributed by atoms with E-state index in [4.69, 9.17) is 0 Å². The molecular formula is C16H23NO3. The molecule has 4 heteroatoms. The molecule has 2 atom stereocenters. The van der Waals surface area contributed by atoms with Crippen LogP contribution in [-0.2, 0) is 6.42 Å². The topological polar surface area (TPSA) is 60.8 Å². The summed E-state index contributed by atoms with van der Waals surface area (Å²) in [4.78, 5) is 14.4. The molecule has 1 fully saturated rings. The zero-order chi connectivity index (χ0) is 14.7. The van der Waals surface area contributed by atoms with Gasteiger partial charge in [-0.25, -0.2) is 0 Å². The molecule has 1 aliphatic rings. The zero-order valence-corrected chi connectivity index (χ0v) is 12.2. The van der Waals surface area contributed by atoms with Crippen LogP contribution in [0, 0.1) is 0 Å². The Morgan fingerprint density at radius 1 is 1.50 bits per heavy atom. The zero-order valence-electron chi connectivity index (χ0n) is 12.2. The molecule has 0 aliphatic carbocycles. The first-order valence-electron chi connectivity index (χ1n) is 7.34. The smallest absolute Gasteiger partial charge is 0.257 e. The fourth-order valence-corrected chi connectivity index (χ4v) is 2.95. The number of aryl methyl sites for hydroxylation is 1. The van der Waals surface area contributed by atoms with Crippen LogP contribution in [-0.4, -0.2) is 39.7 Å². The summed E-state index contributed by atoms with van der Waals surface area (Å²) in [7, 11) is 0. The Morgan fingerprint density at radius 3 is 2.90 bits per heavy atom. The molecule has 0 saturated carbocycles. The Labute approximate surface area is 120 Å². The van der Waals surface area contributed by atoms with Gasteiger partial charge in [-0.3, -0.25) is 4.79 Å². The van der Waals surface area contributed by atoms with E-state index >= 15 is 0 Å². The molecule has 1 saturated heterocycles.